The molecule has 9 heteroatoms. The fourth-order valence-corrected chi connectivity index (χ4v) is 3.49. The Balaban J connectivity index is 0.00000289. The minimum atomic E-state index is -1.16. The molecule has 0 aliphatic carbocycles. The SMILES string of the molecule is CCC(O)(CC)c1cc(F)cc(OCc2ccc(C(=CC(=O)O)c3ccoc3)c(O)c2)c1.[Na].[Na]. The first kappa shape index (κ1) is 30.5. The quantitative estimate of drug-likeness (QED) is 0.305. The van der Waals surface area contributed by atoms with E-state index in [-0.39, 0.29) is 77.2 Å². The van der Waals surface area contributed by atoms with Crippen LogP contribution in [0.25, 0.3) is 5.57 Å². The fraction of sp³-hybridized carbons (Fsp3) is 0.240. The molecule has 0 aliphatic rings. The van der Waals surface area contributed by atoms with Crippen LogP contribution in [0.4, 0.5) is 4.39 Å². The van der Waals surface area contributed by atoms with Gasteiger partial charge in [-0.05, 0) is 48.2 Å². The Hall–Kier alpha value is -1.58. The molecule has 0 unspecified atom stereocenters. The van der Waals surface area contributed by atoms with Gasteiger partial charge in [0.1, 0.15) is 23.9 Å². The third-order valence-electron chi connectivity index (χ3n) is 5.44. The van der Waals surface area contributed by atoms with Crippen LogP contribution in [-0.4, -0.2) is 80.4 Å². The Morgan fingerprint density at radius 1 is 1.12 bits per heavy atom. The van der Waals surface area contributed by atoms with Crippen molar-refractivity contribution in [2.24, 2.45) is 0 Å². The molecule has 1 heterocycles. The summed E-state index contributed by atoms with van der Waals surface area (Å²) in [5, 5.41) is 30.4. The van der Waals surface area contributed by atoms with Gasteiger partial charge in [-0.1, -0.05) is 26.0 Å². The summed E-state index contributed by atoms with van der Waals surface area (Å²) in [5.74, 6) is -1.55. The molecule has 3 aromatic rings. The van der Waals surface area contributed by atoms with Crippen molar-refractivity contribution >= 4 is 70.7 Å². The van der Waals surface area contributed by atoms with E-state index in [1.807, 2.05) is 13.8 Å². The summed E-state index contributed by atoms with van der Waals surface area (Å²) in [6.07, 6.45) is 4.67. The van der Waals surface area contributed by atoms with Gasteiger partial charge in [0, 0.05) is 88.0 Å². The molecule has 0 fully saturated rings. The number of carboxylic acids is 1. The molecule has 0 bridgehead atoms. The monoisotopic (exact) mass is 486 g/mol. The second kappa shape index (κ2) is 13.5. The Morgan fingerprint density at radius 2 is 1.82 bits per heavy atom. The molecule has 0 saturated carbocycles. The molecule has 3 N–H and O–H groups in total. The number of carbonyl (C=O) groups is 1. The Labute approximate surface area is 242 Å². The maximum absolute atomic E-state index is 14.1. The standard InChI is InChI=1S/C25H25FO6.2Na/c1-3-25(30,4-2)18-10-19(26)12-20(11-18)32-14-16-5-6-21(23(27)9-16)22(13-24(28)29)17-7-8-31-15-17;;/h5-13,15,27,30H,3-4,14H2,1-2H3,(H,28,29);;. The summed E-state index contributed by atoms with van der Waals surface area (Å²) in [4.78, 5) is 11.2. The molecule has 0 amide bonds. The molecular formula is C25H25FNa2O6. The van der Waals surface area contributed by atoms with Crippen molar-refractivity contribution in [3.05, 3.63) is 89.1 Å². The number of carboxylic acid groups (broad SMARTS) is 1. The maximum atomic E-state index is 14.1. The van der Waals surface area contributed by atoms with Gasteiger partial charge in [-0.3, -0.25) is 0 Å². The molecule has 34 heavy (non-hydrogen) atoms. The predicted octanol–water partition coefficient (Wildman–Crippen LogP) is 4.47. The van der Waals surface area contributed by atoms with Crippen molar-refractivity contribution in [3.8, 4) is 11.5 Å². The molecule has 6 nitrogen and oxygen atoms in total. The van der Waals surface area contributed by atoms with Crippen LogP contribution in [0.15, 0.2) is 65.5 Å². The van der Waals surface area contributed by atoms with E-state index in [1.54, 1.807) is 24.3 Å². The van der Waals surface area contributed by atoms with E-state index in [1.165, 1.54) is 30.7 Å². The van der Waals surface area contributed by atoms with Crippen molar-refractivity contribution in [1.29, 1.82) is 0 Å². The molecule has 0 atom stereocenters. The topological polar surface area (TPSA) is 100 Å². The van der Waals surface area contributed by atoms with Gasteiger partial charge in [-0.2, -0.15) is 0 Å². The van der Waals surface area contributed by atoms with Crippen molar-refractivity contribution in [2.75, 3.05) is 0 Å². The van der Waals surface area contributed by atoms with E-state index in [9.17, 15) is 24.5 Å². The van der Waals surface area contributed by atoms with Crippen LogP contribution >= 0.6 is 0 Å². The van der Waals surface area contributed by atoms with Gasteiger partial charge < -0.3 is 24.5 Å². The number of rotatable bonds is 9. The smallest absolute Gasteiger partial charge is 0.328 e. The van der Waals surface area contributed by atoms with Gasteiger partial charge in [-0.25, -0.2) is 9.18 Å². The number of aliphatic hydroxyl groups is 1. The number of benzene rings is 2. The third kappa shape index (κ3) is 7.46. The van der Waals surface area contributed by atoms with Gasteiger partial charge in [0.15, 0.2) is 0 Å². The van der Waals surface area contributed by atoms with Crippen molar-refractivity contribution in [1.82, 2.24) is 0 Å². The molecule has 0 saturated heterocycles. The second-order valence-electron chi connectivity index (χ2n) is 7.46. The minimum absolute atomic E-state index is 0. The van der Waals surface area contributed by atoms with Gasteiger partial charge in [0.05, 0.1) is 18.1 Å². The van der Waals surface area contributed by atoms with E-state index in [4.69, 9.17) is 9.15 Å². The van der Waals surface area contributed by atoms with Crippen LogP contribution in [-0.2, 0) is 17.0 Å². The van der Waals surface area contributed by atoms with Crippen LogP contribution in [0.5, 0.6) is 11.5 Å². The third-order valence-corrected chi connectivity index (χ3v) is 5.44. The predicted molar refractivity (Wildman–Crippen MR) is 128 cm³/mol. The largest absolute Gasteiger partial charge is 0.507 e. The average molecular weight is 486 g/mol. The average Bonchev–Trinajstić information content (AvgIpc) is 3.30. The van der Waals surface area contributed by atoms with E-state index < -0.39 is 17.4 Å². The Morgan fingerprint density at radius 3 is 2.38 bits per heavy atom. The number of phenolic OH excluding ortho intramolecular Hbond substituents is 1. The summed E-state index contributed by atoms with van der Waals surface area (Å²) in [7, 11) is 0. The zero-order valence-corrected chi connectivity index (χ0v) is 23.8. The minimum Gasteiger partial charge on any atom is -0.507 e. The van der Waals surface area contributed by atoms with Crippen molar-refractivity contribution in [2.45, 2.75) is 38.9 Å². The van der Waals surface area contributed by atoms with Gasteiger partial charge in [-0.15, -0.1) is 0 Å². The van der Waals surface area contributed by atoms with Gasteiger partial charge in [0.25, 0.3) is 0 Å². The zero-order chi connectivity index (χ0) is 23.3. The second-order valence-corrected chi connectivity index (χ2v) is 7.46. The zero-order valence-electron chi connectivity index (χ0n) is 19.8. The Kier molecular flexibility index (Phi) is 12.1. The molecule has 0 spiro atoms. The normalized spacial score (nSPS) is 11.4. The van der Waals surface area contributed by atoms with E-state index in [0.717, 1.165) is 6.08 Å². The van der Waals surface area contributed by atoms with Crippen molar-refractivity contribution in [3.63, 3.8) is 0 Å². The first-order valence-electron chi connectivity index (χ1n) is 10.2. The fourth-order valence-electron chi connectivity index (χ4n) is 3.49. The molecule has 2 aromatic carbocycles. The van der Waals surface area contributed by atoms with Crippen LogP contribution in [0.2, 0.25) is 0 Å². The van der Waals surface area contributed by atoms with Gasteiger partial charge in [0.2, 0.25) is 0 Å². The van der Waals surface area contributed by atoms with Crippen LogP contribution in [0.1, 0.15) is 48.9 Å². The maximum Gasteiger partial charge on any atom is 0.328 e. The summed E-state index contributed by atoms with van der Waals surface area (Å²) in [5.41, 5.74) is 1.03. The van der Waals surface area contributed by atoms with Crippen LogP contribution in [0, 0.1) is 5.82 Å². The first-order valence-corrected chi connectivity index (χ1v) is 10.2. The summed E-state index contributed by atoms with van der Waals surface area (Å²) in [6, 6.07) is 10.5. The number of halogens is 1. The number of aromatic hydroxyl groups is 1. The molecule has 2 radical (unpaired) electrons. The van der Waals surface area contributed by atoms with Crippen molar-refractivity contribution < 1.29 is 33.7 Å². The number of hydrogen-bond acceptors (Lipinski definition) is 5. The molecule has 170 valence electrons. The van der Waals surface area contributed by atoms with E-state index >= 15 is 0 Å². The van der Waals surface area contributed by atoms with E-state index in [0.29, 0.717) is 40.7 Å². The number of furan rings is 1. The summed E-state index contributed by atoms with van der Waals surface area (Å²) < 4.78 is 24.8. The Bertz CT molecular complexity index is 1120. The summed E-state index contributed by atoms with van der Waals surface area (Å²) in [6.45, 7) is 3.70. The number of phenols is 1. The first-order chi connectivity index (χ1) is 15.3. The molecular weight excluding hydrogens is 461 g/mol. The van der Waals surface area contributed by atoms with Gasteiger partial charge >= 0.3 is 5.97 Å². The number of aliphatic carboxylic acids is 1. The summed E-state index contributed by atoms with van der Waals surface area (Å²) >= 11 is 0. The molecule has 3 rings (SSSR count). The number of ether oxygens (including phenoxy) is 1. The molecule has 1 aromatic heterocycles. The van der Waals surface area contributed by atoms with Crippen LogP contribution < -0.4 is 4.74 Å². The molecule has 0 aliphatic heterocycles. The van der Waals surface area contributed by atoms with Crippen LogP contribution in [0.3, 0.4) is 0 Å². The van der Waals surface area contributed by atoms with E-state index in [2.05, 4.69) is 0 Å². The number of hydrogen-bond donors (Lipinski definition) is 3.